The molecule has 0 bridgehead atoms. The van der Waals surface area contributed by atoms with E-state index in [1.807, 2.05) is 0 Å². The Morgan fingerprint density at radius 2 is 1.84 bits per heavy atom. The molecule has 0 fully saturated rings. The van der Waals surface area contributed by atoms with Crippen LogP contribution in [0.1, 0.15) is 37.7 Å². The number of nitrogens with zero attached hydrogens (tertiary/aromatic N) is 3. The number of amides is 2. The standard InChI is InChI=1S/C23H23FN4O3/c1-27-20-11-12-28(23(30)16-5-9-18(31-2)10-6-16)14-19(20)21(26-27)22(29)25-13-15-3-7-17(24)8-4-15/h3-10H,11-14H2,1-2H3,(H,25,29). The lowest BCUT2D eigenvalue weighted by Gasteiger charge is -2.27. The van der Waals surface area contributed by atoms with E-state index in [2.05, 4.69) is 10.4 Å². The number of aryl methyl sites for hydroxylation is 1. The molecule has 3 aromatic rings. The Labute approximate surface area is 179 Å². The van der Waals surface area contributed by atoms with Crippen molar-refractivity contribution in [2.45, 2.75) is 19.5 Å². The van der Waals surface area contributed by atoms with Crippen molar-refractivity contribution in [3.63, 3.8) is 0 Å². The van der Waals surface area contributed by atoms with Crippen LogP contribution in [0, 0.1) is 5.82 Å². The molecule has 0 spiro atoms. The van der Waals surface area contributed by atoms with Gasteiger partial charge in [0.1, 0.15) is 11.6 Å². The smallest absolute Gasteiger partial charge is 0.272 e. The Kier molecular flexibility index (Phi) is 5.70. The second kappa shape index (κ2) is 8.59. The van der Waals surface area contributed by atoms with Crippen molar-refractivity contribution in [2.75, 3.05) is 13.7 Å². The molecule has 1 aliphatic rings. The lowest BCUT2D eigenvalue weighted by atomic mass is 10.0. The van der Waals surface area contributed by atoms with Gasteiger partial charge in [-0.1, -0.05) is 12.1 Å². The van der Waals surface area contributed by atoms with E-state index in [-0.39, 0.29) is 24.2 Å². The molecule has 7 nitrogen and oxygen atoms in total. The minimum atomic E-state index is -0.324. The Morgan fingerprint density at radius 3 is 2.52 bits per heavy atom. The predicted octanol–water partition coefficient (Wildman–Crippen LogP) is 2.70. The molecule has 0 saturated heterocycles. The summed E-state index contributed by atoms with van der Waals surface area (Å²) in [4.78, 5) is 27.5. The number of aromatic nitrogens is 2. The Bertz CT molecular complexity index is 1110. The van der Waals surface area contributed by atoms with Crippen LogP contribution in [-0.2, 0) is 26.6 Å². The maximum atomic E-state index is 13.1. The third kappa shape index (κ3) is 4.28. The number of fused-ring (bicyclic) bond motifs is 1. The first-order valence-corrected chi connectivity index (χ1v) is 9.97. The topological polar surface area (TPSA) is 76.5 Å². The van der Waals surface area contributed by atoms with E-state index in [0.29, 0.717) is 36.5 Å². The molecule has 0 radical (unpaired) electrons. The summed E-state index contributed by atoms with van der Waals surface area (Å²) in [5, 5.41) is 7.23. The number of nitrogens with one attached hydrogen (secondary N) is 1. The van der Waals surface area contributed by atoms with Gasteiger partial charge in [0.2, 0.25) is 0 Å². The minimum Gasteiger partial charge on any atom is -0.497 e. The summed E-state index contributed by atoms with van der Waals surface area (Å²) < 4.78 is 19.9. The molecule has 1 aliphatic heterocycles. The number of methoxy groups -OCH3 is 1. The first kappa shape index (κ1) is 20.6. The summed E-state index contributed by atoms with van der Waals surface area (Å²) in [6.07, 6.45) is 0.617. The highest BCUT2D eigenvalue weighted by Crippen LogP contribution is 2.24. The third-order valence-corrected chi connectivity index (χ3v) is 5.45. The summed E-state index contributed by atoms with van der Waals surface area (Å²) in [7, 11) is 3.38. The van der Waals surface area contributed by atoms with E-state index in [1.54, 1.807) is 60.1 Å². The molecule has 2 amide bonds. The Balaban J connectivity index is 1.49. The third-order valence-electron chi connectivity index (χ3n) is 5.45. The summed E-state index contributed by atoms with van der Waals surface area (Å²) >= 11 is 0. The normalized spacial score (nSPS) is 12.9. The molecule has 1 aromatic heterocycles. The molecular weight excluding hydrogens is 399 g/mol. The van der Waals surface area contributed by atoms with E-state index in [0.717, 1.165) is 16.8 Å². The van der Waals surface area contributed by atoms with Crippen molar-refractivity contribution in [3.8, 4) is 5.75 Å². The minimum absolute atomic E-state index is 0.102. The number of hydrogen-bond acceptors (Lipinski definition) is 4. The highest BCUT2D eigenvalue weighted by atomic mass is 19.1. The molecule has 0 atom stereocenters. The van der Waals surface area contributed by atoms with Crippen LogP contribution in [0.25, 0.3) is 0 Å². The number of halogens is 1. The fraction of sp³-hybridized carbons (Fsp3) is 0.261. The Hall–Kier alpha value is -3.68. The molecular formula is C23H23FN4O3. The molecule has 2 aromatic carbocycles. The second-order valence-electron chi connectivity index (χ2n) is 7.41. The van der Waals surface area contributed by atoms with E-state index in [1.165, 1.54) is 12.1 Å². The lowest BCUT2D eigenvalue weighted by Crippen LogP contribution is -2.37. The van der Waals surface area contributed by atoms with Crippen molar-refractivity contribution in [1.82, 2.24) is 20.0 Å². The molecule has 4 rings (SSSR count). The molecule has 160 valence electrons. The summed E-state index contributed by atoms with van der Waals surface area (Å²) in [5.74, 6) is -0.0601. The Morgan fingerprint density at radius 1 is 1.13 bits per heavy atom. The first-order valence-electron chi connectivity index (χ1n) is 9.97. The molecule has 2 heterocycles. The van der Waals surface area contributed by atoms with Gasteiger partial charge in [-0.25, -0.2) is 4.39 Å². The number of rotatable bonds is 5. The van der Waals surface area contributed by atoms with Crippen LogP contribution in [0.3, 0.4) is 0 Å². The van der Waals surface area contributed by atoms with Crippen LogP contribution in [0.4, 0.5) is 4.39 Å². The predicted molar refractivity (Wildman–Crippen MR) is 112 cm³/mol. The van der Waals surface area contributed by atoms with Gasteiger partial charge in [-0.05, 0) is 42.0 Å². The average molecular weight is 422 g/mol. The number of hydrogen-bond donors (Lipinski definition) is 1. The van der Waals surface area contributed by atoms with E-state index in [4.69, 9.17) is 4.74 Å². The van der Waals surface area contributed by atoms with Gasteiger partial charge in [-0.2, -0.15) is 5.10 Å². The van der Waals surface area contributed by atoms with Gasteiger partial charge in [0.25, 0.3) is 11.8 Å². The molecule has 0 saturated carbocycles. The van der Waals surface area contributed by atoms with Crippen LogP contribution >= 0.6 is 0 Å². The zero-order valence-corrected chi connectivity index (χ0v) is 17.4. The fourth-order valence-electron chi connectivity index (χ4n) is 3.73. The van der Waals surface area contributed by atoms with Gasteiger partial charge in [0.05, 0.1) is 13.7 Å². The highest BCUT2D eigenvalue weighted by Gasteiger charge is 2.29. The molecule has 8 heteroatoms. The maximum absolute atomic E-state index is 13.1. The van der Waals surface area contributed by atoms with Crippen molar-refractivity contribution in [3.05, 3.63) is 82.4 Å². The zero-order chi connectivity index (χ0) is 22.0. The number of ether oxygens (including phenoxy) is 1. The lowest BCUT2D eigenvalue weighted by molar-refractivity contribution is 0.0730. The summed E-state index contributed by atoms with van der Waals surface area (Å²) in [5.41, 5.74) is 3.37. The van der Waals surface area contributed by atoms with Crippen molar-refractivity contribution in [2.24, 2.45) is 7.05 Å². The summed E-state index contributed by atoms with van der Waals surface area (Å²) in [6, 6.07) is 12.9. The van der Waals surface area contributed by atoms with E-state index < -0.39 is 0 Å². The zero-order valence-electron chi connectivity index (χ0n) is 17.4. The highest BCUT2D eigenvalue weighted by molar-refractivity contribution is 5.96. The van der Waals surface area contributed by atoms with Gasteiger partial charge < -0.3 is 15.0 Å². The monoisotopic (exact) mass is 422 g/mol. The van der Waals surface area contributed by atoms with Crippen LogP contribution < -0.4 is 10.1 Å². The van der Waals surface area contributed by atoms with Crippen molar-refractivity contribution < 1.29 is 18.7 Å². The summed E-state index contributed by atoms with van der Waals surface area (Å²) in [6.45, 7) is 1.13. The van der Waals surface area contributed by atoms with E-state index in [9.17, 15) is 14.0 Å². The molecule has 0 aliphatic carbocycles. The van der Waals surface area contributed by atoms with Crippen LogP contribution in [-0.4, -0.2) is 40.1 Å². The largest absolute Gasteiger partial charge is 0.497 e. The second-order valence-corrected chi connectivity index (χ2v) is 7.41. The van der Waals surface area contributed by atoms with Crippen LogP contribution in [0.2, 0.25) is 0 Å². The average Bonchev–Trinajstić information content (AvgIpc) is 3.14. The van der Waals surface area contributed by atoms with Gasteiger partial charge in [-0.15, -0.1) is 0 Å². The molecule has 31 heavy (non-hydrogen) atoms. The number of carbonyl (C=O) groups is 2. The van der Waals surface area contributed by atoms with Crippen LogP contribution in [0.15, 0.2) is 48.5 Å². The van der Waals surface area contributed by atoms with Gasteiger partial charge in [0, 0.05) is 43.4 Å². The van der Waals surface area contributed by atoms with E-state index >= 15 is 0 Å². The molecule has 1 N–H and O–H groups in total. The fourth-order valence-corrected chi connectivity index (χ4v) is 3.73. The maximum Gasteiger partial charge on any atom is 0.272 e. The van der Waals surface area contributed by atoms with Gasteiger partial charge in [-0.3, -0.25) is 14.3 Å². The number of carbonyl (C=O) groups excluding carboxylic acids is 2. The number of benzene rings is 2. The van der Waals surface area contributed by atoms with Crippen molar-refractivity contribution >= 4 is 11.8 Å². The SMILES string of the molecule is COc1ccc(C(=O)N2CCc3c(c(C(=O)NCc4ccc(F)cc4)nn3C)C2)cc1. The first-order chi connectivity index (χ1) is 15.0. The van der Waals surface area contributed by atoms with Crippen LogP contribution in [0.5, 0.6) is 5.75 Å². The van der Waals surface area contributed by atoms with Crippen molar-refractivity contribution in [1.29, 1.82) is 0 Å². The molecule has 0 unspecified atom stereocenters. The quantitative estimate of drug-likeness (QED) is 0.686. The van der Waals surface area contributed by atoms with Gasteiger partial charge in [0.15, 0.2) is 5.69 Å². The van der Waals surface area contributed by atoms with Gasteiger partial charge >= 0.3 is 0 Å².